The van der Waals surface area contributed by atoms with Crippen LogP contribution in [-0.4, -0.2) is 20.4 Å². The monoisotopic (exact) mass is 380 g/mol. The fourth-order valence-electron chi connectivity index (χ4n) is 2.40. The van der Waals surface area contributed by atoms with E-state index in [1.807, 2.05) is 0 Å². The summed E-state index contributed by atoms with van der Waals surface area (Å²) in [6.45, 7) is 0. The van der Waals surface area contributed by atoms with Crippen molar-refractivity contribution in [1.29, 1.82) is 0 Å². The third-order valence-electron chi connectivity index (χ3n) is 4.00. The van der Waals surface area contributed by atoms with Crippen molar-refractivity contribution in [2.75, 3.05) is 5.32 Å². The molecule has 2 aromatic rings. The van der Waals surface area contributed by atoms with Crippen molar-refractivity contribution >= 4 is 21.6 Å². The summed E-state index contributed by atoms with van der Waals surface area (Å²) in [5.41, 5.74) is 0.282. The first-order valence-corrected chi connectivity index (χ1v) is 9.68. The lowest BCUT2D eigenvalue weighted by Crippen LogP contribution is -2.25. The predicted octanol–water partition coefficient (Wildman–Crippen LogP) is 2.98. The van der Waals surface area contributed by atoms with Gasteiger partial charge in [0, 0.05) is 12.5 Å². The van der Waals surface area contributed by atoms with Gasteiger partial charge in [-0.3, -0.25) is 4.79 Å². The minimum Gasteiger partial charge on any atom is -0.321 e. The molecule has 5 nitrogen and oxygen atoms in total. The van der Waals surface area contributed by atoms with Crippen LogP contribution >= 0.6 is 0 Å². The van der Waals surface area contributed by atoms with Gasteiger partial charge in [0.1, 0.15) is 17.3 Å². The molecule has 26 heavy (non-hydrogen) atoms. The summed E-state index contributed by atoms with van der Waals surface area (Å²) in [6.07, 6.45) is 2.04. The molecular weight excluding hydrogens is 362 g/mol. The van der Waals surface area contributed by atoms with Crippen LogP contribution in [0.3, 0.4) is 0 Å². The summed E-state index contributed by atoms with van der Waals surface area (Å²) >= 11 is 0. The van der Waals surface area contributed by atoms with Gasteiger partial charge < -0.3 is 5.32 Å². The first-order valence-electron chi connectivity index (χ1n) is 8.20. The van der Waals surface area contributed by atoms with E-state index in [1.54, 1.807) is 12.1 Å². The zero-order valence-electron chi connectivity index (χ0n) is 13.8. The van der Waals surface area contributed by atoms with E-state index in [0.29, 0.717) is 6.42 Å². The van der Waals surface area contributed by atoms with E-state index in [-0.39, 0.29) is 17.4 Å². The predicted molar refractivity (Wildman–Crippen MR) is 93.1 cm³/mol. The average Bonchev–Trinajstić information content (AvgIpc) is 3.40. The maximum atomic E-state index is 13.5. The van der Waals surface area contributed by atoms with Gasteiger partial charge in [0.15, 0.2) is 0 Å². The fraction of sp³-hybridized carbons (Fsp3) is 0.278. The molecule has 8 heteroatoms. The molecule has 1 aliphatic carbocycles. The maximum Gasteiger partial charge on any atom is 0.240 e. The Balaban J connectivity index is 1.57. The molecule has 0 aliphatic heterocycles. The Morgan fingerprint density at radius 2 is 1.65 bits per heavy atom. The van der Waals surface area contributed by atoms with Gasteiger partial charge in [-0.15, -0.1) is 0 Å². The third kappa shape index (κ3) is 4.64. The van der Waals surface area contributed by atoms with E-state index in [4.69, 9.17) is 0 Å². The minimum atomic E-state index is -3.51. The molecule has 0 unspecified atom stereocenters. The second kappa shape index (κ2) is 7.51. The smallest absolute Gasteiger partial charge is 0.240 e. The van der Waals surface area contributed by atoms with E-state index < -0.39 is 33.3 Å². The first-order chi connectivity index (χ1) is 12.3. The van der Waals surface area contributed by atoms with Crippen LogP contribution in [0.25, 0.3) is 0 Å². The van der Waals surface area contributed by atoms with Crippen LogP contribution in [0, 0.1) is 11.6 Å². The van der Waals surface area contributed by atoms with Gasteiger partial charge in [0.05, 0.1) is 4.90 Å². The highest BCUT2D eigenvalue weighted by Crippen LogP contribution is 2.22. The molecule has 2 aromatic carbocycles. The molecule has 3 rings (SSSR count). The number of benzene rings is 2. The summed E-state index contributed by atoms with van der Waals surface area (Å²) in [5, 5.41) is 2.22. The quantitative estimate of drug-likeness (QED) is 0.775. The molecule has 1 amide bonds. The Bertz CT molecular complexity index is 890. The summed E-state index contributed by atoms with van der Waals surface area (Å²) in [7, 11) is -3.51. The Labute approximate surface area is 150 Å². The fourth-order valence-corrected chi connectivity index (χ4v) is 3.71. The van der Waals surface area contributed by atoms with Gasteiger partial charge >= 0.3 is 0 Å². The molecule has 0 atom stereocenters. The Morgan fingerprint density at radius 1 is 1.04 bits per heavy atom. The highest BCUT2D eigenvalue weighted by Gasteiger charge is 2.27. The number of halogens is 2. The van der Waals surface area contributed by atoms with Crippen molar-refractivity contribution in [2.45, 2.75) is 36.6 Å². The number of anilines is 1. The number of hydrogen-bond acceptors (Lipinski definition) is 3. The van der Waals surface area contributed by atoms with Gasteiger partial charge in [-0.25, -0.2) is 21.9 Å². The van der Waals surface area contributed by atoms with Crippen molar-refractivity contribution in [3.63, 3.8) is 0 Å². The van der Waals surface area contributed by atoms with Crippen LogP contribution in [0.4, 0.5) is 14.5 Å². The summed E-state index contributed by atoms with van der Waals surface area (Å²) in [6, 6.07) is 9.58. The average molecular weight is 380 g/mol. The van der Waals surface area contributed by atoms with Crippen LogP contribution in [0.1, 0.15) is 24.8 Å². The van der Waals surface area contributed by atoms with Gasteiger partial charge in [0.2, 0.25) is 15.9 Å². The number of amides is 1. The lowest BCUT2D eigenvalue weighted by molar-refractivity contribution is -0.116. The molecule has 0 heterocycles. The van der Waals surface area contributed by atoms with Crippen LogP contribution in [-0.2, 0) is 21.2 Å². The molecule has 0 saturated heterocycles. The van der Waals surface area contributed by atoms with Crippen LogP contribution < -0.4 is 10.0 Å². The Kier molecular flexibility index (Phi) is 5.33. The summed E-state index contributed by atoms with van der Waals surface area (Å²) < 4.78 is 53.8. The lowest BCUT2D eigenvalue weighted by Gasteiger charge is -2.08. The number of para-hydroxylation sites is 1. The number of aryl methyl sites for hydroxylation is 1. The van der Waals surface area contributed by atoms with Crippen molar-refractivity contribution in [3.8, 4) is 0 Å². The van der Waals surface area contributed by atoms with Gasteiger partial charge in [-0.05, 0) is 49.1 Å². The van der Waals surface area contributed by atoms with Crippen molar-refractivity contribution in [1.82, 2.24) is 4.72 Å². The Morgan fingerprint density at radius 3 is 2.23 bits per heavy atom. The second-order valence-corrected chi connectivity index (χ2v) is 7.90. The standard InChI is InChI=1S/C18H18F2N2O3S/c19-15-2-1-3-16(20)18(15)21-17(23)11-6-12-4-9-14(10-5-12)26(24,25)22-13-7-8-13/h1-5,9-10,13,22H,6-8,11H2,(H,21,23). The first kappa shape index (κ1) is 18.5. The van der Waals surface area contributed by atoms with Gasteiger partial charge in [0.25, 0.3) is 0 Å². The molecule has 0 aromatic heterocycles. The number of nitrogens with one attached hydrogen (secondary N) is 2. The van der Waals surface area contributed by atoms with Crippen molar-refractivity contribution in [3.05, 3.63) is 59.7 Å². The molecular formula is C18H18F2N2O3S. The maximum absolute atomic E-state index is 13.5. The molecule has 1 fully saturated rings. The number of carbonyl (C=O) groups excluding carboxylic acids is 1. The molecule has 138 valence electrons. The van der Waals surface area contributed by atoms with Crippen LogP contribution in [0.15, 0.2) is 47.4 Å². The summed E-state index contributed by atoms with van der Waals surface area (Å²) in [4.78, 5) is 12.1. The van der Waals surface area contributed by atoms with E-state index in [9.17, 15) is 22.0 Å². The third-order valence-corrected chi connectivity index (χ3v) is 5.54. The Hall–Kier alpha value is -2.32. The molecule has 0 spiro atoms. The molecule has 0 radical (unpaired) electrons. The van der Waals surface area contributed by atoms with E-state index in [2.05, 4.69) is 10.0 Å². The highest BCUT2D eigenvalue weighted by molar-refractivity contribution is 7.89. The zero-order chi connectivity index (χ0) is 18.7. The van der Waals surface area contributed by atoms with E-state index in [0.717, 1.165) is 30.5 Å². The lowest BCUT2D eigenvalue weighted by atomic mass is 10.1. The number of carbonyl (C=O) groups is 1. The highest BCUT2D eigenvalue weighted by atomic mass is 32.2. The van der Waals surface area contributed by atoms with Gasteiger partial charge in [-0.1, -0.05) is 18.2 Å². The molecule has 1 saturated carbocycles. The van der Waals surface area contributed by atoms with Gasteiger partial charge in [-0.2, -0.15) is 0 Å². The van der Waals surface area contributed by atoms with E-state index in [1.165, 1.54) is 18.2 Å². The van der Waals surface area contributed by atoms with Crippen molar-refractivity contribution in [2.24, 2.45) is 0 Å². The van der Waals surface area contributed by atoms with Crippen LogP contribution in [0.5, 0.6) is 0 Å². The number of rotatable bonds is 7. The normalized spacial score (nSPS) is 14.2. The zero-order valence-corrected chi connectivity index (χ0v) is 14.7. The number of hydrogen-bond donors (Lipinski definition) is 2. The largest absolute Gasteiger partial charge is 0.321 e. The SMILES string of the molecule is O=C(CCc1ccc(S(=O)(=O)NC2CC2)cc1)Nc1c(F)cccc1F. The number of sulfonamides is 1. The second-order valence-electron chi connectivity index (χ2n) is 6.18. The topological polar surface area (TPSA) is 75.3 Å². The summed E-state index contributed by atoms with van der Waals surface area (Å²) in [5.74, 6) is -2.20. The van der Waals surface area contributed by atoms with Crippen molar-refractivity contribution < 1.29 is 22.0 Å². The van der Waals surface area contributed by atoms with E-state index >= 15 is 0 Å². The van der Waals surface area contributed by atoms with Crippen LogP contribution in [0.2, 0.25) is 0 Å². The minimum absolute atomic E-state index is 0.0141. The molecule has 1 aliphatic rings. The molecule has 2 N–H and O–H groups in total. The molecule has 0 bridgehead atoms.